The van der Waals surface area contributed by atoms with E-state index in [4.69, 9.17) is 0 Å². The predicted octanol–water partition coefficient (Wildman–Crippen LogP) is 0.113. The molecule has 0 radical (unpaired) electrons. The molecule has 5 heteroatoms. The van der Waals surface area contributed by atoms with E-state index >= 15 is 0 Å². The predicted molar refractivity (Wildman–Crippen MR) is 20.6 cm³/mol. The normalized spacial score (nSPS) is 11.9. The molecule has 0 aliphatic rings. The fourth-order valence-corrected chi connectivity index (χ4v) is 0.164. The van der Waals surface area contributed by atoms with Gasteiger partial charge in [-0.1, -0.05) is 0 Å². The molecule has 1 nitrogen and oxygen atoms in total. The van der Waals surface area contributed by atoms with Gasteiger partial charge in [-0.15, -0.1) is 0 Å². The summed E-state index contributed by atoms with van der Waals surface area (Å²) in [6.45, 7) is -1.16. The molecule has 0 N–H and O–H groups in total. The lowest BCUT2D eigenvalue weighted by Crippen LogP contribution is -2.15. The Morgan fingerprint density at radius 2 is 1.86 bits per heavy atom. The van der Waals surface area contributed by atoms with E-state index in [9.17, 15) is 13.2 Å². The average Bonchev–Trinajstić information content (AvgIpc) is 1.30. The van der Waals surface area contributed by atoms with Crippen molar-refractivity contribution in [3.63, 3.8) is 0 Å². The molecular formula is C2H4BF3O. The molecule has 0 aromatic rings. The lowest BCUT2D eigenvalue weighted by Gasteiger charge is -2.01. The van der Waals surface area contributed by atoms with E-state index in [1.54, 1.807) is 0 Å². The van der Waals surface area contributed by atoms with Gasteiger partial charge in [0.15, 0.2) is 0 Å². The summed E-state index contributed by atoms with van der Waals surface area (Å²) in [4.78, 5) is 0. The zero-order valence-corrected chi connectivity index (χ0v) is 3.75. The minimum absolute atomic E-state index is 1.01. The van der Waals surface area contributed by atoms with E-state index in [1.807, 2.05) is 0 Å². The maximum atomic E-state index is 10.9. The second kappa shape index (κ2) is 2.21. The van der Waals surface area contributed by atoms with E-state index in [0.29, 0.717) is 0 Å². The Morgan fingerprint density at radius 1 is 1.43 bits per heavy atom. The van der Waals surface area contributed by atoms with E-state index in [0.717, 1.165) is 8.05 Å². The van der Waals surface area contributed by atoms with Crippen LogP contribution >= 0.6 is 0 Å². The van der Waals surface area contributed by atoms with Crippen LogP contribution in [0.3, 0.4) is 0 Å². The smallest absolute Gasteiger partial charge is 0.410 e. The Hall–Kier alpha value is -0.185. The molecule has 0 aromatic heterocycles. The molecule has 0 spiro atoms. The third kappa shape index (κ3) is 5.81. The molecular weight excluding hydrogens is 108 g/mol. The van der Waals surface area contributed by atoms with Crippen LogP contribution in [0.4, 0.5) is 13.2 Å². The summed E-state index contributed by atoms with van der Waals surface area (Å²) in [7, 11) is 1.01. The van der Waals surface area contributed by atoms with Gasteiger partial charge in [0.1, 0.15) is 6.61 Å². The van der Waals surface area contributed by atoms with Gasteiger partial charge in [-0.3, -0.25) is 0 Å². The largest absolute Gasteiger partial charge is 0.436 e. The minimum atomic E-state index is -4.17. The molecule has 0 fully saturated rings. The van der Waals surface area contributed by atoms with Crippen LogP contribution in [0, 0.1) is 0 Å². The van der Waals surface area contributed by atoms with Gasteiger partial charge in [-0.05, 0) is 0 Å². The summed E-state index contributed by atoms with van der Waals surface area (Å²) in [5, 5.41) is 0. The Balaban J connectivity index is 3.15. The number of halogens is 3. The fourth-order valence-electron chi connectivity index (χ4n) is 0.164. The van der Waals surface area contributed by atoms with Gasteiger partial charge >= 0.3 is 6.18 Å². The third-order valence-electron chi connectivity index (χ3n) is 0.308. The Morgan fingerprint density at radius 3 is 1.86 bits per heavy atom. The van der Waals surface area contributed by atoms with Crippen LogP contribution in [0.1, 0.15) is 0 Å². The van der Waals surface area contributed by atoms with Crippen molar-refractivity contribution in [1.29, 1.82) is 0 Å². The maximum absolute atomic E-state index is 10.9. The molecule has 0 rings (SSSR count). The second-order valence-corrected chi connectivity index (χ2v) is 1.05. The SMILES string of the molecule is BOCC(F)(F)F. The van der Waals surface area contributed by atoms with E-state index in [-0.39, 0.29) is 0 Å². The van der Waals surface area contributed by atoms with Gasteiger partial charge in [-0.25, -0.2) is 0 Å². The molecule has 0 saturated carbocycles. The van der Waals surface area contributed by atoms with Gasteiger partial charge in [0, 0.05) is 0 Å². The monoisotopic (exact) mass is 112 g/mol. The highest BCUT2D eigenvalue weighted by molar-refractivity contribution is 5.97. The highest BCUT2D eigenvalue weighted by Gasteiger charge is 2.25. The molecule has 0 saturated heterocycles. The molecule has 0 aliphatic carbocycles. The van der Waals surface area contributed by atoms with Crippen LogP contribution in [0.5, 0.6) is 0 Å². The van der Waals surface area contributed by atoms with E-state index in [1.165, 1.54) is 0 Å². The summed E-state index contributed by atoms with van der Waals surface area (Å²) in [6, 6.07) is 0. The first-order chi connectivity index (χ1) is 3.06. The molecule has 0 bridgehead atoms. The quantitative estimate of drug-likeness (QED) is 0.437. The Labute approximate surface area is 39.9 Å². The number of hydrogen-bond acceptors (Lipinski definition) is 1. The standard InChI is InChI=1S/C2H4BF3O/c3-7-1-2(4,5)6/h1,3H2. The van der Waals surface area contributed by atoms with Crippen molar-refractivity contribution in [1.82, 2.24) is 0 Å². The maximum Gasteiger partial charge on any atom is 0.410 e. The van der Waals surface area contributed by atoms with Crippen LogP contribution in [0.15, 0.2) is 0 Å². The van der Waals surface area contributed by atoms with Gasteiger partial charge in [0.05, 0.1) is 0 Å². The van der Waals surface area contributed by atoms with Crippen molar-refractivity contribution >= 4 is 8.05 Å². The molecule has 0 aliphatic heterocycles. The molecule has 0 aromatic carbocycles. The lowest BCUT2D eigenvalue weighted by molar-refractivity contribution is -0.152. The van der Waals surface area contributed by atoms with Gasteiger partial charge < -0.3 is 4.65 Å². The molecule has 0 heterocycles. The molecule has 7 heavy (non-hydrogen) atoms. The third-order valence-corrected chi connectivity index (χ3v) is 0.308. The van der Waals surface area contributed by atoms with E-state index < -0.39 is 12.8 Å². The zero-order chi connectivity index (χ0) is 5.91. The summed E-state index contributed by atoms with van der Waals surface area (Å²) in [6.07, 6.45) is -4.17. The van der Waals surface area contributed by atoms with Crippen LogP contribution < -0.4 is 0 Å². The van der Waals surface area contributed by atoms with Crippen molar-refractivity contribution in [3.05, 3.63) is 0 Å². The summed E-state index contributed by atoms with van der Waals surface area (Å²) in [5.41, 5.74) is 0. The van der Waals surface area contributed by atoms with Gasteiger partial charge in [0.25, 0.3) is 8.05 Å². The highest BCUT2D eigenvalue weighted by atomic mass is 19.4. The number of rotatable bonds is 1. The first-order valence-electron chi connectivity index (χ1n) is 1.62. The zero-order valence-electron chi connectivity index (χ0n) is 3.75. The molecule has 0 atom stereocenters. The fraction of sp³-hybridized carbons (Fsp3) is 1.00. The van der Waals surface area contributed by atoms with Crippen LogP contribution in [0.25, 0.3) is 0 Å². The van der Waals surface area contributed by atoms with Crippen LogP contribution in [0.2, 0.25) is 0 Å². The summed E-state index contributed by atoms with van der Waals surface area (Å²) in [5.74, 6) is 0. The van der Waals surface area contributed by atoms with Gasteiger partial charge in [-0.2, -0.15) is 13.2 Å². The minimum Gasteiger partial charge on any atom is -0.436 e. The second-order valence-electron chi connectivity index (χ2n) is 1.05. The van der Waals surface area contributed by atoms with Crippen molar-refractivity contribution in [2.75, 3.05) is 6.61 Å². The van der Waals surface area contributed by atoms with Gasteiger partial charge in [0.2, 0.25) is 0 Å². The molecule has 0 amide bonds. The van der Waals surface area contributed by atoms with Crippen molar-refractivity contribution < 1.29 is 17.8 Å². The van der Waals surface area contributed by atoms with Crippen molar-refractivity contribution in [3.8, 4) is 0 Å². The molecule has 42 valence electrons. The van der Waals surface area contributed by atoms with Crippen LogP contribution in [-0.2, 0) is 4.65 Å². The van der Waals surface area contributed by atoms with E-state index in [2.05, 4.69) is 4.65 Å². The Kier molecular flexibility index (Phi) is 2.15. The van der Waals surface area contributed by atoms with Crippen molar-refractivity contribution in [2.45, 2.75) is 6.18 Å². The lowest BCUT2D eigenvalue weighted by atomic mass is 10.5. The topological polar surface area (TPSA) is 9.23 Å². The van der Waals surface area contributed by atoms with Crippen LogP contribution in [-0.4, -0.2) is 20.8 Å². The Bertz CT molecular complexity index is 51.4. The molecule has 0 unspecified atom stereocenters. The van der Waals surface area contributed by atoms with Crippen molar-refractivity contribution in [2.24, 2.45) is 0 Å². The summed E-state index contributed by atoms with van der Waals surface area (Å²) < 4.78 is 36.6. The highest BCUT2D eigenvalue weighted by Crippen LogP contribution is 2.13. The summed E-state index contributed by atoms with van der Waals surface area (Å²) >= 11 is 0. The number of alkyl halides is 3. The first kappa shape index (κ1) is 6.81. The number of hydrogen-bond donors (Lipinski definition) is 0. The first-order valence-corrected chi connectivity index (χ1v) is 1.62. The average molecular weight is 112 g/mol.